The average molecular weight is 216 g/mol. The van der Waals surface area contributed by atoms with Crippen LogP contribution < -0.4 is 4.90 Å². The number of benzene rings is 1. The van der Waals surface area contributed by atoms with Crippen LogP contribution in [-0.4, -0.2) is 36.5 Å². The summed E-state index contributed by atoms with van der Waals surface area (Å²) in [7, 11) is 2.05. The van der Waals surface area contributed by atoms with Crippen molar-refractivity contribution in [3.63, 3.8) is 0 Å². The zero-order valence-corrected chi connectivity index (χ0v) is 9.68. The highest BCUT2D eigenvalue weighted by molar-refractivity contribution is 6.00. The summed E-state index contributed by atoms with van der Waals surface area (Å²) in [5, 5.41) is 0. The van der Waals surface area contributed by atoms with Crippen LogP contribution in [0.3, 0.4) is 0 Å². The van der Waals surface area contributed by atoms with Crippen molar-refractivity contribution in [3.8, 4) is 0 Å². The number of nitrogens with zero attached hydrogens (tertiary/aromatic N) is 2. The number of fused-ring (bicyclic) bond motifs is 2. The molecule has 0 radical (unpaired) electrons. The molecule has 4 rings (SSSR count). The first kappa shape index (κ1) is 9.85. The number of rotatable bonds is 1. The molecule has 3 aliphatic heterocycles. The summed E-state index contributed by atoms with van der Waals surface area (Å²) < 4.78 is 0. The van der Waals surface area contributed by atoms with Gasteiger partial charge in [-0.05, 0) is 32.0 Å². The van der Waals surface area contributed by atoms with Gasteiger partial charge < -0.3 is 4.90 Å². The van der Waals surface area contributed by atoms with E-state index in [1.165, 1.54) is 5.56 Å². The van der Waals surface area contributed by atoms with E-state index in [0.717, 1.165) is 18.7 Å². The number of anilines is 1. The number of para-hydroxylation sites is 1. The minimum atomic E-state index is 0.123. The molecule has 2 atom stereocenters. The second kappa shape index (κ2) is 3.32. The van der Waals surface area contributed by atoms with Crippen molar-refractivity contribution < 1.29 is 4.79 Å². The molecule has 2 unspecified atom stereocenters. The van der Waals surface area contributed by atoms with Crippen molar-refractivity contribution >= 4 is 11.6 Å². The standard InChI is InChI=1S/C13H16N2O/c1-9-5-3-4-6-11(9)15-8-10-7-12(13(15)16)14(10)2/h3-6,10,12H,7-8H2,1-2H3. The lowest BCUT2D eigenvalue weighted by molar-refractivity contribution is -0.135. The number of hydrogen-bond donors (Lipinski definition) is 0. The number of hydrogen-bond acceptors (Lipinski definition) is 2. The van der Waals surface area contributed by atoms with Gasteiger partial charge in [0.25, 0.3) is 0 Å². The molecule has 3 saturated heterocycles. The van der Waals surface area contributed by atoms with Crippen molar-refractivity contribution in [2.24, 2.45) is 0 Å². The number of amides is 1. The maximum atomic E-state index is 12.2. The van der Waals surface area contributed by atoms with Crippen molar-refractivity contribution in [1.29, 1.82) is 0 Å². The van der Waals surface area contributed by atoms with Crippen LogP contribution in [0.5, 0.6) is 0 Å². The fraction of sp³-hybridized carbons (Fsp3) is 0.462. The van der Waals surface area contributed by atoms with Gasteiger partial charge in [-0.25, -0.2) is 0 Å². The number of likely N-dealkylation sites (N-methyl/N-ethyl adjacent to an activating group) is 1. The van der Waals surface area contributed by atoms with Crippen LogP contribution in [0.2, 0.25) is 0 Å². The Morgan fingerprint density at radius 3 is 2.69 bits per heavy atom. The van der Waals surface area contributed by atoms with Crippen molar-refractivity contribution in [2.45, 2.75) is 25.4 Å². The monoisotopic (exact) mass is 216 g/mol. The van der Waals surface area contributed by atoms with E-state index in [-0.39, 0.29) is 11.9 Å². The Balaban J connectivity index is 1.93. The lowest BCUT2D eigenvalue weighted by Crippen LogP contribution is -2.70. The molecule has 0 saturated carbocycles. The Morgan fingerprint density at radius 1 is 1.31 bits per heavy atom. The highest BCUT2D eigenvalue weighted by Gasteiger charge is 2.48. The SMILES string of the molecule is Cc1ccccc1N1CC2CC(C1=O)N2C. The summed E-state index contributed by atoms with van der Waals surface area (Å²) in [6.07, 6.45) is 1.04. The Bertz CT molecular complexity index is 443. The summed E-state index contributed by atoms with van der Waals surface area (Å²) in [5.74, 6) is 0.263. The minimum Gasteiger partial charge on any atom is -0.309 e. The zero-order valence-electron chi connectivity index (χ0n) is 9.68. The van der Waals surface area contributed by atoms with Crippen LogP contribution >= 0.6 is 0 Å². The first-order valence-electron chi connectivity index (χ1n) is 5.77. The highest BCUT2D eigenvalue weighted by atomic mass is 16.2. The third kappa shape index (κ3) is 1.21. The van der Waals surface area contributed by atoms with E-state index < -0.39 is 0 Å². The third-order valence-electron chi connectivity index (χ3n) is 3.91. The molecule has 3 nitrogen and oxygen atoms in total. The Hall–Kier alpha value is -1.35. The predicted octanol–water partition coefficient (Wildman–Crippen LogP) is 1.41. The maximum Gasteiger partial charge on any atom is 0.244 e. The first-order valence-corrected chi connectivity index (χ1v) is 5.77. The molecule has 2 bridgehead atoms. The predicted molar refractivity (Wildman–Crippen MR) is 63.5 cm³/mol. The number of aryl methyl sites for hydroxylation is 1. The molecular formula is C13H16N2O. The van der Waals surface area contributed by atoms with Gasteiger partial charge in [0.15, 0.2) is 0 Å². The summed E-state index contributed by atoms with van der Waals surface area (Å²) >= 11 is 0. The van der Waals surface area contributed by atoms with E-state index in [9.17, 15) is 4.79 Å². The molecule has 1 aromatic rings. The van der Waals surface area contributed by atoms with Crippen molar-refractivity contribution in [1.82, 2.24) is 4.90 Å². The van der Waals surface area contributed by atoms with E-state index in [2.05, 4.69) is 17.9 Å². The van der Waals surface area contributed by atoms with E-state index in [1.807, 2.05) is 30.1 Å². The number of piperidine rings is 1. The molecule has 1 aromatic carbocycles. The van der Waals surface area contributed by atoms with Gasteiger partial charge in [-0.3, -0.25) is 9.69 Å². The van der Waals surface area contributed by atoms with Crippen molar-refractivity contribution in [3.05, 3.63) is 29.8 Å². The summed E-state index contributed by atoms with van der Waals surface area (Å²) in [4.78, 5) is 16.4. The van der Waals surface area contributed by atoms with Crippen LogP contribution in [0.25, 0.3) is 0 Å². The smallest absolute Gasteiger partial charge is 0.244 e. The van der Waals surface area contributed by atoms with Gasteiger partial charge >= 0.3 is 0 Å². The number of carbonyl (C=O) groups is 1. The van der Waals surface area contributed by atoms with Gasteiger partial charge in [0.2, 0.25) is 5.91 Å². The van der Waals surface area contributed by atoms with Crippen LogP contribution in [-0.2, 0) is 4.79 Å². The molecule has 0 aliphatic carbocycles. The van der Waals surface area contributed by atoms with E-state index in [0.29, 0.717) is 6.04 Å². The maximum absolute atomic E-state index is 12.2. The highest BCUT2D eigenvalue weighted by Crippen LogP contribution is 2.34. The topological polar surface area (TPSA) is 23.6 Å². The molecule has 3 aliphatic rings. The van der Waals surface area contributed by atoms with Gasteiger partial charge in [0, 0.05) is 18.3 Å². The number of piperazine rings is 1. The van der Waals surface area contributed by atoms with E-state index in [1.54, 1.807) is 0 Å². The van der Waals surface area contributed by atoms with Gasteiger partial charge in [-0.15, -0.1) is 0 Å². The van der Waals surface area contributed by atoms with Gasteiger partial charge in [0.05, 0.1) is 6.04 Å². The summed E-state index contributed by atoms with van der Waals surface area (Å²) in [5.41, 5.74) is 2.26. The molecule has 3 heteroatoms. The molecular weight excluding hydrogens is 200 g/mol. The fourth-order valence-electron chi connectivity index (χ4n) is 2.75. The fourth-order valence-corrected chi connectivity index (χ4v) is 2.75. The third-order valence-corrected chi connectivity index (χ3v) is 3.91. The Labute approximate surface area is 95.7 Å². The molecule has 0 spiro atoms. The molecule has 1 amide bonds. The minimum absolute atomic E-state index is 0.123. The van der Waals surface area contributed by atoms with Crippen LogP contribution in [0.1, 0.15) is 12.0 Å². The van der Waals surface area contributed by atoms with Gasteiger partial charge in [0.1, 0.15) is 0 Å². The van der Waals surface area contributed by atoms with Crippen LogP contribution in [0.4, 0.5) is 5.69 Å². The summed E-state index contributed by atoms with van der Waals surface area (Å²) in [6, 6.07) is 8.80. The molecule has 0 aromatic heterocycles. The quantitative estimate of drug-likeness (QED) is 0.708. The van der Waals surface area contributed by atoms with Gasteiger partial charge in [-0.1, -0.05) is 18.2 Å². The molecule has 0 N–H and O–H groups in total. The molecule has 16 heavy (non-hydrogen) atoms. The van der Waals surface area contributed by atoms with Crippen LogP contribution in [0.15, 0.2) is 24.3 Å². The molecule has 3 heterocycles. The van der Waals surface area contributed by atoms with Gasteiger partial charge in [-0.2, -0.15) is 0 Å². The normalized spacial score (nSPS) is 29.1. The molecule has 3 fully saturated rings. The van der Waals surface area contributed by atoms with E-state index in [4.69, 9.17) is 0 Å². The first-order chi connectivity index (χ1) is 7.68. The molecule has 84 valence electrons. The average Bonchev–Trinajstić information content (AvgIpc) is 2.29. The Kier molecular flexibility index (Phi) is 2.04. The Morgan fingerprint density at radius 2 is 2.06 bits per heavy atom. The lowest BCUT2D eigenvalue weighted by atomic mass is 9.87. The van der Waals surface area contributed by atoms with Crippen molar-refractivity contribution in [2.75, 3.05) is 18.5 Å². The summed E-state index contributed by atoms with van der Waals surface area (Å²) in [6.45, 7) is 2.91. The van der Waals surface area contributed by atoms with E-state index >= 15 is 0 Å². The second-order valence-corrected chi connectivity index (χ2v) is 4.81. The number of carbonyl (C=O) groups excluding carboxylic acids is 1. The zero-order chi connectivity index (χ0) is 11.3. The largest absolute Gasteiger partial charge is 0.309 e. The van der Waals surface area contributed by atoms with Crippen LogP contribution in [0, 0.1) is 6.92 Å². The lowest BCUT2D eigenvalue weighted by Gasteiger charge is -2.53. The second-order valence-electron chi connectivity index (χ2n) is 4.81.